The molecular weight excluding hydrogens is 367 g/mol. The largest absolute Gasteiger partial charge is 0.508 e. The van der Waals surface area contributed by atoms with Crippen molar-refractivity contribution in [3.8, 4) is 17.2 Å². The Morgan fingerprint density at radius 3 is 2.36 bits per heavy atom. The number of benzene rings is 2. The first-order valence-electron chi connectivity index (χ1n) is 7.26. The van der Waals surface area contributed by atoms with E-state index in [1.807, 2.05) is 0 Å². The average molecular weight is 384 g/mol. The summed E-state index contributed by atoms with van der Waals surface area (Å²) in [4.78, 5) is 31.1. The average Bonchev–Trinajstić information content (AvgIpc) is 2.45. The normalized spacial score (nSPS) is 12.8. The zero-order chi connectivity index (χ0) is 18.8. The van der Waals surface area contributed by atoms with Gasteiger partial charge in [-0.15, -0.1) is 0 Å². The van der Waals surface area contributed by atoms with Gasteiger partial charge in [0.05, 0.1) is 5.56 Å². The molecule has 0 aromatic heterocycles. The van der Waals surface area contributed by atoms with Crippen LogP contribution in [0.25, 0.3) is 0 Å². The molecule has 0 fully saturated rings. The van der Waals surface area contributed by atoms with Crippen molar-refractivity contribution >= 4 is 24.0 Å². The van der Waals surface area contributed by atoms with Crippen molar-refractivity contribution in [2.75, 3.05) is 0 Å². The van der Waals surface area contributed by atoms with Crippen LogP contribution in [0.15, 0.2) is 41.3 Å². The fourth-order valence-electron chi connectivity index (χ4n) is 2.52. The maximum absolute atomic E-state index is 12.9. The van der Waals surface area contributed by atoms with E-state index in [0.29, 0.717) is 12.0 Å². The van der Waals surface area contributed by atoms with E-state index in [2.05, 4.69) is 0 Å². The molecule has 2 aromatic carbocycles. The molecule has 0 radical (unpaired) electrons. The minimum Gasteiger partial charge on any atom is -0.508 e. The fraction of sp³-hybridized carbons (Fsp3) is 0.188. The summed E-state index contributed by atoms with van der Waals surface area (Å²) in [5.41, 5.74) is 0.230. The first-order chi connectivity index (χ1) is 11.6. The predicted molar refractivity (Wildman–Crippen MR) is 93.1 cm³/mol. The number of carbonyl (C=O) groups excluding carboxylic acids is 1. The van der Waals surface area contributed by atoms with Gasteiger partial charge >= 0.3 is 6.80 Å². The Morgan fingerprint density at radius 1 is 1.12 bits per heavy atom. The second-order valence-electron chi connectivity index (χ2n) is 5.34. The molecule has 7 nitrogen and oxygen atoms in total. The van der Waals surface area contributed by atoms with Crippen LogP contribution < -0.4 is 0 Å². The highest BCUT2D eigenvalue weighted by Gasteiger charge is 2.29. The van der Waals surface area contributed by atoms with Crippen LogP contribution in [0.4, 0.5) is 0 Å². The van der Waals surface area contributed by atoms with Crippen LogP contribution in [-0.4, -0.2) is 30.9 Å². The molecule has 0 heterocycles. The summed E-state index contributed by atoms with van der Waals surface area (Å²) < 4.78 is 11.3. The third-order valence-electron chi connectivity index (χ3n) is 3.53. The lowest BCUT2D eigenvalue weighted by Gasteiger charge is -2.18. The maximum Gasteiger partial charge on any atom is 0.388 e. The van der Waals surface area contributed by atoms with Crippen molar-refractivity contribution in [2.24, 2.45) is 0 Å². The van der Waals surface area contributed by atoms with E-state index in [1.54, 1.807) is 19.1 Å². The Bertz CT molecular complexity index is 846. The number of aromatic hydroxyl groups is 3. The molecule has 0 aliphatic heterocycles. The van der Waals surface area contributed by atoms with E-state index in [-0.39, 0.29) is 27.6 Å². The predicted octanol–water partition coefficient (Wildman–Crippen LogP) is 3.36. The van der Waals surface area contributed by atoms with Gasteiger partial charge < -0.3 is 25.1 Å². The molecule has 25 heavy (non-hydrogen) atoms. The quantitative estimate of drug-likeness (QED) is 0.378. The molecule has 0 saturated carbocycles. The molecule has 1 unspecified atom stereocenters. The fourth-order valence-corrected chi connectivity index (χ4v) is 4.45. The second-order valence-corrected chi connectivity index (χ2v) is 8.92. The molecule has 2 rings (SSSR count). The van der Waals surface area contributed by atoms with Gasteiger partial charge in [0.15, 0.2) is 5.78 Å². The van der Waals surface area contributed by atoms with E-state index in [1.165, 1.54) is 12.1 Å². The Labute approximate surface area is 147 Å². The van der Waals surface area contributed by atoms with Gasteiger partial charge in [0.25, 0.3) is 0 Å². The number of hydrogen-bond acceptors (Lipinski definition) is 6. The van der Waals surface area contributed by atoms with Crippen LogP contribution in [0, 0.1) is 0 Å². The molecule has 0 aliphatic carbocycles. The van der Waals surface area contributed by atoms with Crippen molar-refractivity contribution in [1.82, 2.24) is 0 Å². The van der Waals surface area contributed by atoms with Crippen molar-refractivity contribution in [2.45, 2.75) is 24.2 Å². The summed E-state index contributed by atoms with van der Waals surface area (Å²) in [5.74, 6) is -2.32. The summed E-state index contributed by atoms with van der Waals surface area (Å²) in [7, 11) is 0. The summed E-state index contributed by atoms with van der Waals surface area (Å²) in [5, 5.41) is 29.3. The number of phenolic OH excluding ortho intramolecular Hbond substituents is 3. The SMILES string of the molecule is CCC(C(=O)c1c(O)cc(O)cc1SP(=O)(O)O)c1cccc(O)c1. The number of hydrogen-bond donors (Lipinski definition) is 5. The van der Waals surface area contributed by atoms with Crippen LogP contribution in [0.1, 0.15) is 35.2 Å². The zero-order valence-corrected chi connectivity index (χ0v) is 14.9. The Balaban J connectivity index is 2.55. The van der Waals surface area contributed by atoms with Gasteiger partial charge in [0.1, 0.15) is 17.2 Å². The number of rotatable bonds is 6. The number of Topliss-reactive ketones (excluding diaryl/α,β-unsaturated/α-hetero) is 1. The summed E-state index contributed by atoms with van der Waals surface area (Å²) in [6.45, 7) is -2.87. The van der Waals surface area contributed by atoms with E-state index in [4.69, 9.17) is 0 Å². The van der Waals surface area contributed by atoms with Crippen molar-refractivity contribution < 1.29 is 34.5 Å². The van der Waals surface area contributed by atoms with E-state index < -0.39 is 30.0 Å². The minimum absolute atomic E-state index is 0.0245. The van der Waals surface area contributed by atoms with Crippen molar-refractivity contribution in [3.63, 3.8) is 0 Å². The summed E-state index contributed by atoms with van der Waals surface area (Å²) >= 11 is 0.0867. The van der Waals surface area contributed by atoms with Crippen LogP contribution in [0.2, 0.25) is 0 Å². The molecular formula is C16H17O7PS. The smallest absolute Gasteiger partial charge is 0.388 e. The van der Waals surface area contributed by atoms with Crippen molar-refractivity contribution in [3.05, 3.63) is 47.5 Å². The highest BCUT2D eigenvalue weighted by molar-refractivity contribution is 8.54. The van der Waals surface area contributed by atoms with Gasteiger partial charge in [-0.3, -0.25) is 4.79 Å². The monoisotopic (exact) mass is 384 g/mol. The third kappa shape index (κ3) is 4.76. The lowest BCUT2D eigenvalue weighted by atomic mass is 9.88. The van der Waals surface area contributed by atoms with Gasteiger partial charge in [-0.2, -0.15) is 0 Å². The molecule has 0 aliphatic rings. The number of phenols is 3. The van der Waals surface area contributed by atoms with E-state index in [9.17, 15) is 34.5 Å². The second kappa shape index (κ2) is 7.49. The van der Waals surface area contributed by atoms with Crippen LogP contribution in [-0.2, 0) is 4.57 Å². The highest BCUT2D eigenvalue weighted by Crippen LogP contribution is 2.57. The standard InChI is InChI=1S/C16H17O7PS/c1-2-12(9-4-3-5-10(17)6-9)16(20)15-13(19)7-11(18)8-14(15)25-24(21,22)23/h3-8,12,17-19H,2H2,1H3,(H2,21,22,23). The van der Waals surface area contributed by atoms with Crippen LogP contribution in [0.3, 0.4) is 0 Å². The van der Waals surface area contributed by atoms with Crippen molar-refractivity contribution in [1.29, 1.82) is 0 Å². The molecule has 134 valence electrons. The first-order valence-corrected chi connectivity index (χ1v) is 10.3. The van der Waals surface area contributed by atoms with Crippen LogP contribution >= 0.6 is 18.2 Å². The van der Waals surface area contributed by atoms with Gasteiger partial charge in [-0.05, 0) is 41.6 Å². The van der Waals surface area contributed by atoms with Gasteiger partial charge in [0.2, 0.25) is 0 Å². The number of carbonyl (C=O) groups is 1. The Kier molecular flexibility index (Phi) is 5.80. The lowest BCUT2D eigenvalue weighted by molar-refractivity contribution is 0.0951. The lowest BCUT2D eigenvalue weighted by Crippen LogP contribution is -2.13. The topological polar surface area (TPSA) is 135 Å². The van der Waals surface area contributed by atoms with E-state index >= 15 is 0 Å². The zero-order valence-electron chi connectivity index (χ0n) is 13.2. The Morgan fingerprint density at radius 2 is 1.80 bits per heavy atom. The minimum atomic E-state index is -4.61. The molecule has 0 bridgehead atoms. The van der Waals surface area contributed by atoms with Gasteiger partial charge in [0, 0.05) is 16.9 Å². The molecule has 9 heteroatoms. The molecule has 0 spiro atoms. The van der Waals surface area contributed by atoms with Gasteiger partial charge in [-0.1, -0.05) is 19.1 Å². The van der Waals surface area contributed by atoms with E-state index in [0.717, 1.165) is 12.1 Å². The highest BCUT2D eigenvalue weighted by atomic mass is 32.7. The Hall–Kier alpha value is -1.99. The van der Waals surface area contributed by atoms with Gasteiger partial charge in [-0.25, -0.2) is 4.57 Å². The summed E-state index contributed by atoms with van der Waals surface area (Å²) in [6, 6.07) is 8.03. The molecule has 5 N–H and O–H groups in total. The maximum atomic E-state index is 12.9. The van der Waals surface area contributed by atoms with Crippen LogP contribution in [0.5, 0.6) is 17.2 Å². The number of ketones is 1. The third-order valence-corrected chi connectivity index (χ3v) is 5.59. The summed E-state index contributed by atoms with van der Waals surface area (Å²) in [6.07, 6.45) is 0.336. The molecule has 1 atom stereocenters. The first kappa shape index (κ1) is 19.3. The molecule has 0 saturated heterocycles. The molecule has 2 aromatic rings. The molecule has 0 amide bonds.